The fraction of sp³-hybridized carbons (Fsp3) is 0.125. The van der Waals surface area contributed by atoms with Crippen molar-refractivity contribution < 1.29 is 0 Å². The molecule has 3 nitrogen and oxygen atoms in total. The number of benzene rings is 1. The lowest BCUT2D eigenvalue weighted by atomic mass is 10.0. The number of nitrogens with one attached hydrogen (secondary N) is 1. The van der Waals surface area contributed by atoms with E-state index in [1.807, 2.05) is 18.2 Å². The molecule has 3 heterocycles. The zero-order chi connectivity index (χ0) is 12.4. The summed E-state index contributed by atoms with van der Waals surface area (Å²) in [6.07, 6.45) is 6.55. The van der Waals surface area contributed by atoms with E-state index in [9.17, 15) is 0 Å². The van der Waals surface area contributed by atoms with Gasteiger partial charge in [0.15, 0.2) is 0 Å². The second-order valence-corrected chi connectivity index (χ2v) is 5.12. The van der Waals surface area contributed by atoms with Gasteiger partial charge in [0.2, 0.25) is 0 Å². The number of H-pyrrole nitrogens is 1. The van der Waals surface area contributed by atoms with Gasteiger partial charge in [0.05, 0.1) is 17.1 Å². The normalized spacial score (nSPS) is 17.5. The van der Waals surface area contributed by atoms with Gasteiger partial charge >= 0.3 is 0 Å². The molecule has 0 spiro atoms. The summed E-state index contributed by atoms with van der Waals surface area (Å²) in [7, 11) is 0. The Kier molecular flexibility index (Phi) is 1.56. The Hall–Kier alpha value is -2.42. The lowest BCUT2D eigenvalue weighted by Crippen LogP contribution is -2.08. The zero-order valence-corrected chi connectivity index (χ0v) is 10.3. The van der Waals surface area contributed by atoms with Crippen LogP contribution in [-0.4, -0.2) is 16.4 Å². The summed E-state index contributed by atoms with van der Waals surface area (Å²) in [5.74, 6) is 0. The van der Waals surface area contributed by atoms with E-state index in [2.05, 4.69) is 23.2 Å². The molecule has 0 amide bonds. The average molecular weight is 245 g/mol. The molecule has 0 saturated heterocycles. The monoisotopic (exact) mass is 245 g/mol. The largest absolute Gasteiger partial charge is 0.352 e. The van der Waals surface area contributed by atoms with Gasteiger partial charge < -0.3 is 4.98 Å². The molecule has 0 radical (unpaired) electrons. The number of hydrogen-bond donors (Lipinski definition) is 1. The van der Waals surface area contributed by atoms with Gasteiger partial charge in [-0.25, -0.2) is 9.98 Å². The van der Waals surface area contributed by atoms with E-state index in [4.69, 9.17) is 9.98 Å². The highest BCUT2D eigenvalue weighted by Crippen LogP contribution is 2.42. The van der Waals surface area contributed by atoms with Crippen LogP contribution in [0.4, 0.5) is 11.4 Å². The third-order valence-corrected chi connectivity index (χ3v) is 4.03. The van der Waals surface area contributed by atoms with Crippen LogP contribution in [-0.2, 0) is 6.42 Å². The van der Waals surface area contributed by atoms with E-state index in [-0.39, 0.29) is 0 Å². The second-order valence-electron chi connectivity index (χ2n) is 5.12. The summed E-state index contributed by atoms with van der Waals surface area (Å²) in [6.45, 7) is 0. The summed E-state index contributed by atoms with van der Waals surface area (Å²) in [5, 5.41) is 0. The maximum atomic E-state index is 4.85. The molecule has 0 bridgehead atoms. The van der Waals surface area contributed by atoms with Crippen molar-refractivity contribution in [1.82, 2.24) is 4.98 Å². The van der Waals surface area contributed by atoms with Crippen LogP contribution >= 0.6 is 0 Å². The Bertz CT molecular complexity index is 819. The lowest BCUT2D eigenvalue weighted by molar-refractivity contribution is 0.984. The van der Waals surface area contributed by atoms with Crippen molar-refractivity contribution in [3.8, 4) is 0 Å². The predicted molar refractivity (Wildman–Crippen MR) is 77.0 cm³/mol. The molecule has 1 aromatic carbocycles. The Balaban J connectivity index is 1.79. The van der Waals surface area contributed by atoms with Gasteiger partial charge in [0.1, 0.15) is 11.4 Å². The van der Waals surface area contributed by atoms with Crippen molar-refractivity contribution in [2.24, 2.45) is 9.98 Å². The van der Waals surface area contributed by atoms with Crippen LogP contribution in [0.15, 0.2) is 40.3 Å². The van der Waals surface area contributed by atoms with Gasteiger partial charge in [0, 0.05) is 16.8 Å². The first kappa shape index (κ1) is 9.50. The first-order valence-corrected chi connectivity index (χ1v) is 6.61. The maximum Gasteiger partial charge on any atom is 0.116 e. The van der Waals surface area contributed by atoms with Crippen LogP contribution in [0.3, 0.4) is 0 Å². The van der Waals surface area contributed by atoms with Crippen molar-refractivity contribution >= 4 is 28.9 Å². The molecular formula is C16H11N3. The van der Waals surface area contributed by atoms with E-state index in [1.54, 1.807) is 0 Å². The smallest absolute Gasteiger partial charge is 0.116 e. The van der Waals surface area contributed by atoms with E-state index >= 15 is 0 Å². The topological polar surface area (TPSA) is 40.5 Å². The van der Waals surface area contributed by atoms with E-state index in [1.165, 1.54) is 11.3 Å². The Morgan fingerprint density at radius 2 is 2.00 bits per heavy atom. The molecule has 3 aliphatic rings. The number of aliphatic imine (C=N–C) groups is 2. The second kappa shape index (κ2) is 3.12. The van der Waals surface area contributed by atoms with Crippen LogP contribution in [0.5, 0.6) is 0 Å². The number of aromatic nitrogens is 1. The minimum atomic E-state index is 1.01. The highest BCUT2D eigenvalue weighted by atomic mass is 15.0. The molecule has 0 saturated carbocycles. The van der Waals surface area contributed by atoms with Crippen molar-refractivity contribution in [1.29, 1.82) is 0 Å². The van der Waals surface area contributed by atoms with Gasteiger partial charge in [-0.1, -0.05) is 24.3 Å². The number of rotatable bonds is 0. The zero-order valence-electron chi connectivity index (χ0n) is 10.3. The number of para-hydroxylation sites is 1. The van der Waals surface area contributed by atoms with Crippen LogP contribution in [0.2, 0.25) is 0 Å². The summed E-state index contributed by atoms with van der Waals surface area (Å²) in [4.78, 5) is 13.1. The molecule has 2 aliphatic heterocycles. The van der Waals surface area contributed by atoms with Crippen molar-refractivity contribution in [3.05, 3.63) is 52.9 Å². The quantitative estimate of drug-likeness (QED) is 0.737. The molecule has 90 valence electrons. The van der Waals surface area contributed by atoms with Gasteiger partial charge in [0.25, 0.3) is 0 Å². The predicted octanol–water partition coefficient (Wildman–Crippen LogP) is 3.54. The highest BCUT2D eigenvalue weighted by molar-refractivity contribution is 6.59. The van der Waals surface area contributed by atoms with Crippen LogP contribution in [0.25, 0.3) is 6.08 Å². The standard InChI is InChI=1S/C16H11N3/c1-3-7-11-9(5-1)13-15(17-11)16-14(19-13)10-6-2-4-8-12(10)18-16/h1,3-5,7-8,18H,2,6H2. The fourth-order valence-electron chi connectivity index (χ4n) is 3.14. The third-order valence-electron chi connectivity index (χ3n) is 4.03. The number of hydrogen-bond acceptors (Lipinski definition) is 2. The Morgan fingerprint density at radius 3 is 3.00 bits per heavy atom. The summed E-state index contributed by atoms with van der Waals surface area (Å²) < 4.78 is 0. The lowest BCUT2D eigenvalue weighted by Gasteiger charge is -2.05. The molecule has 0 atom stereocenters. The van der Waals surface area contributed by atoms with Gasteiger partial charge in [-0.2, -0.15) is 0 Å². The minimum Gasteiger partial charge on any atom is -0.352 e. The van der Waals surface area contributed by atoms with Crippen molar-refractivity contribution in [2.45, 2.75) is 12.8 Å². The van der Waals surface area contributed by atoms with Crippen LogP contribution in [0, 0.1) is 0 Å². The molecule has 1 aromatic heterocycles. The number of allylic oxidation sites excluding steroid dienone is 1. The molecule has 0 unspecified atom stereocenters. The number of fused-ring (bicyclic) bond motifs is 7. The number of nitrogens with zero attached hydrogens (tertiary/aromatic N) is 2. The van der Waals surface area contributed by atoms with E-state index < -0.39 is 0 Å². The van der Waals surface area contributed by atoms with Gasteiger partial charge in [-0.3, -0.25) is 0 Å². The van der Waals surface area contributed by atoms with Crippen molar-refractivity contribution in [3.63, 3.8) is 0 Å². The molecule has 2 aromatic rings. The highest BCUT2D eigenvalue weighted by Gasteiger charge is 2.34. The van der Waals surface area contributed by atoms with Gasteiger partial charge in [-0.15, -0.1) is 0 Å². The van der Waals surface area contributed by atoms with Crippen LogP contribution in [0.1, 0.15) is 28.9 Å². The Morgan fingerprint density at radius 1 is 1.05 bits per heavy atom. The maximum absolute atomic E-state index is 4.85. The number of aromatic amines is 1. The van der Waals surface area contributed by atoms with Crippen LogP contribution < -0.4 is 0 Å². The molecule has 1 aliphatic carbocycles. The molecule has 19 heavy (non-hydrogen) atoms. The molecule has 0 fully saturated rings. The summed E-state index contributed by atoms with van der Waals surface area (Å²) in [5.41, 5.74) is 9.00. The average Bonchev–Trinajstić information content (AvgIpc) is 3.07. The third kappa shape index (κ3) is 1.08. The molecular weight excluding hydrogens is 234 g/mol. The first-order chi connectivity index (χ1) is 9.42. The molecule has 3 heteroatoms. The van der Waals surface area contributed by atoms with E-state index in [0.717, 1.165) is 46.9 Å². The SMILES string of the molecule is C1=Cc2[nH]c3c(c2CC1)N=C1C3=Nc2ccccc21. The summed E-state index contributed by atoms with van der Waals surface area (Å²) >= 11 is 0. The van der Waals surface area contributed by atoms with E-state index in [0.29, 0.717) is 0 Å². The first-order valence-electron chi connectivity index (χ1n) is 6.61. The molecule has 1 N–H and O–H groups in total. The Labute approximate surface area is 110 Å². The molecule has 5 rings (SSSR count). The summed E-state index contributed by atoms with van der Waals surface area (Å²) in [6, 6.07) is 8.22. The van der Waals surface area contributed by atoms with Gasteiger partial charge in [-0.05, 0) is 25.0 Å². The fourth-order valence-corrected chi connectivity index (χ4v) is 3.14. The minimum absolute atomic E-state index is 1.01. The van der Waals surface area contributed by atoms with Crippen molar-refractivity contribution in [2.75, 3.05) is 0 Å².